The Hall–Kier alpha value is -1.29. The first-order chi connectivity index (χ1) is 9.53. The average molecular weight is 313 g/mol. The molecule has 5 heteroatoms. The van der Waals surface area contributed by atoms with E-state index in [9.17, 15) is 9.59 Å². The van der Waals surface area contributed by atoms with Crippen molar-refractivity contribution in [3.05, 3.63) is 23.0 Å². The second-order valence-electron chi connectivity index (χ2n) is 6.46. The van der Waals surface area contributed by atoms with Crippen LogP contribution in [0.25, 0.3) is 0 Å². The van der Waals surface area contributed by atoms with Gasteiger partial charge in [0.25, 0.3) is 0 Å². The van der Waals surface area contributed by atoms with E-state index in [1.54, 1.807) is 6.92 Å². The highest BCUT2D eigenvalue weighted by atomic mass is 35.5. The van der Waals surface area contributed by atoms with Gasteiger partial charge in [-0.1, -0.05) is 0 Å². The summed E-state index contributed by atoms with van der Waals surface area (Å²) in [5.74, 6) is -0.0660. The van der Waals surface area contributed by atoms with Crippen LogP contribution in [0.1, 0.15) is 55.9 Å². The highest BCUT2D eigenvalue weighted by Crippen LogP contribution is 2.19. The normalized spacial score (nSPS) is 13.1. The maximum atomic E-state index is 12.0. The molecule has 4 nitrogen and oxygen atoms in total. The highest BCUT2D eigenvalue weighted by Gasteiger charge is 2.20. The summed E-state index contributed by atoms with van der Waals surface area (Å²) < 4.78 is 1.99. The third-order valence-corrected chi connectivity index (χ3v) is 3.48. The monoisotopic (exact) mass is 312 g/mol. The second-order valence-corrected chi connectivity index (χ2v) is 7.12. The van der Waals surface area contributed by atoms with E-state index in [2.05, 4.69) is 5.32 Å². The van der Waals surface area contributed by atoms with Crippen LogP contribution < -0.4 is 5.32 Å². The minimum atomic E-state index is -0.539. The number of amides is 1. The van der Waals surface area contributed by atoms with Gasteiger partial charge in [-0.2, -0.15) is 0 Å². The van der Waals surface area contributed by atoms with Gasteiger partial charge in [0.1, 0.15) is 0 Å². The van der Waals surface area contributed by atoms with E-state index in [4.69, 9.17) is 11.6 Å². The van der Waals surface area contributed by atoms with Crippen LogP contribution in [0.2, 0.25) is 0 Å². The average Bonchev–Trinajstić information content (AvgIpc) is 2.59. The van der Waals surface area contributed by atoms with E-state index >= 15 is 0 Å². The zero-order valence-corrected chi connectivity index (χ0v) is 14.5. The van der Waals surface area contributed by atoms with Gasteiger partial charge in [-0.3, -0.25) is 9.59 Å². The van der Waals surface area contributed by atoms with Crippen molar-refractivity contribution in [1.82, 2.24) is 9.88 Å². The van der Waals surface area contributed by atoms with Crippen LogP contribution in [-0.4, -0.2) is 27.2 Å². The van der Waals surface area contributed by atoms with E-state index in [0.717, 1.165) is 11.4 Å². The molecular weight excluding hydrogens is 288 g/mol. The standard InChI is InChI=1S/C16H25ClN2O2/c1-10-9-13(15(21)11(2)17)12(3)19(10)8-7-14(20)18-16(4,5)6/h9,11H,7-8H2,1-6H3,(H,18,20). The summed E-state index contributed by atoms with van der Waals surface area (Å²) in [6.45, 7) is 11.9. The molecule has 1 atom stereocenters. The number of Topliss-reactive ketones (excluding diaryl/α,β-unsaturated/α-hetero) is 1. The Labute approximate surface area is 131 Å². The van der Waals surface area contributed by atoms with Gasteiger partial charge >= 0.3 is 0 Å². The van der Waals surface area contributed by atoms with Crippen LogP contribution in [0.4, 0.5) is 0 Å². The number of hydrogen-bond acceptors (Lipinski definition) is 2. The van der Waals surface area contributed by atoms with Gasteiger partial charge in [0.2, 0.25) is 5.91 Å². The number of halogens is 1. The number of aryl methyl sites for hydroxylation is 1. The number of alkyl halides is 1. The maximum Gasteiger partial charge on any atom is 0.222 e. The molecule has 21 heavy (non-hydrogen) atoms. The first kappa shape index (κ1) is 17.8. The Balaban J connectivity index is 2.82. The number of nitrogens with one attached hydrogen (secondary N) is 1. The molecule has 0 saturated carbocycles. The van der Waals surface area contributed by atoms with Gasteiger partial charge in [0.15, 0.2) is 5.78 Å². The Morgan fingerprint density at radius 1 is 1.33 bits per heavy atom. The molecule has 0 aliphatic carbocycles. The molecule has 0 radical (unpaired) electrons. The van der Waals surface area contributed by atoms with E-state index < -0.39 is 5.38 Å². The minimum absolute atomic E-state index is 0.00795. The molecular formula is C16H25ClN2O2. The summed E-state index contributed by atoms with van der Waals surface area (Å²) in [7, 11) is 0. The number of nitrogens with zero attached hydrogens (tertiary/aromatic N) is 1. The predicted molar refractivity (Wildman–Crippen MR) is 86.1 cm³/mol. The van der Waals surface area contributed by atoms with Crippen molar-refractivity contribution in [3.63, 3.8) is 0 Å². The van der Waals surface area contributed by atoms with Crippen molar-refractivity contribution in [2.24, 2.45) is 0 Å². The molecule has 0 aliphatic heterocycles. The lowest BCUT2D eigenvalue weighted by Crippen LogP contribution is -2.40. The van der Waals surface area contributed by atoms with Crippen molar-refractivity contribution in [2.75, 3.05) is 0 Å². The summed E-state index contributed by atoms with van der Waals surface area (Å²) in [5, 5.41) is 2.40. The molecule has 1 amide bonds. The largest absolute Gasteiger partial charge is 0.351 e. The number of ketones is 1. The van der Waals surface area contributed by atoms with Crippen molar-refractivity contribution >= 4 is 23.3 Å². The topological polar surface area (TPSA) is 51.1 Å². The lowest BCUT2D eigenvalue weighted by atomic mass is 10.1. The van der Waals surface area contributed by atoms with E-state index in [-0.39, 0.29) is 17.2 Å². The quantitative estimate of drug-likeness (QED) is 0.670. The van der Waals surface area contributed by atoms with E-state index in [0.29, 0.717) is 18.5 Å². The van der Waals surface area contributed by atoms with Crippen LogP contribution >= 0.6 is 11.6 Å². The third-order valence-electron chi connectivity index (χ3n) is 3.28. The lowest BCUT2D eigenvalue weighted by molar-refractivity contribution is -0.122. The van der Waals surface area contributed by atoms with Crippen LogP contribution in [0, 0.1) is 13.8 Å². The number of rotatable bonds is 5. The first-order valence-electron chi connectivity index (χ1n) is 7.19. The highest BCUT2D eigenvalue weighted by molar-refractivity contribution is 6.33. The fraction of sp³-hybridized carbons (Fsp3) is 0.625. The molecule has 0 bridgehead atoms. The molecule has 118 valence electrons. The zero-order valence-electron chi connectivity index (χ0n) is 13.7. The zero-order chi connectivity index (χ0) is 16.4. The van der Waals surface area contributed by atoms with Gasteiger partial charge in [-0.25, -0.2) is 0 Å². The number of carbonyl (C=O) groups is 2. The fourth-order valence-electron chi connectivity index (χ4n) is 2.30. The lowest BCUT2D eigenvalue weighted by Gasteiger charge is -2.21. The smallest absolute Gasteiger partial charge is 0.222 e. The van der Waals surface area contributed by atoms with Gasteiger partial charge in [-0.15, -0.1) is 11.6 Å². The molecule has 1 unspecified atom stereocenters. The van der Waals surface area contributed by atoms with Gasteiger partial charge in [0, 0.05) is 35.5 Å². The fourth-order valence-corrected chi connectivity index (χ4v) is 2.42. The van der Waals surface area contributed by atoms with Crippen LogP contribution in [0.15, 0.2) is 6.07 Å². The summed E-state index contributed by atoms with van der Waals surface area (Å²) in [5.41, 5.74) is 2.25. The summed E-state index contributed by atoms with van der Waals surface area (Å²) in [4.78, 5) is 23.9. The molecule has 0 spiro atoms. The maximum absolute atomic E-state index is 12.0. The summed E-state index contributed by atoms with van der Waals surface area (Å²) in [6.07, 6.45) is 0.387. The van der Waals surface area contributed by atoms with Crippen LogP contribution in [-0.2, 0) is 11.3 Å². The predicted octanol–water partition coefficient (Wildman–Crippen LogP) is 3.22. The molecule has 0 saturated heterocycles. The molecule has 0 aromatic carbocycles. The molecule has 1 aromatic rings. The van der Waals surface area contributed by atoms with Crippen molar-refractivity contribution in [3.8, 4) is 0 Å². The molecule has 1 rings (SSSR count). The Morgan fingerprint density at radius 3 is 2.38 bits per heavy atom. The first-order valence-corrected chi connectivity index (χ1v) is 7.62. The molecule has 1 heterocycles. The third kappa shape index (κ3) is 4.88. The molecule has 0 fully saturated rings. The van der Waals surface area contributed by atoms with Crippen molar-refractivity contribution in [2.45, 2.75) is 65.4 Å². The molecule has 1 aromatic heterocycles. The Kier molecular flexibility index (Phi) is 5.62. The summed E-state index contributed by atoms with van der Waals surface area (Å²) >= 11 is 5.87. The van der Waals surface area contributed by atoms with Crippen molar-refractivity contribution < 1.29 is 9.59 Å². The van der Waals surface area contributed by atoms with E-state index in [1.165, 1.54) is 0 Å². The van der Waals surface area contributed by atoms with Gasteiger partial charge < -0.3 is 9.88 Å². The number of carbonyl (C=O) groups excluding carboxylic acids is 2. The van der Waals surface area contributed by atoms with Crippen molar-refractivity contribution in [1.29, 1.82) is 0 Å². The minimum Gasteiger partial charge on any atom is -0.351 e. The molecule has 0 aliphatic rings. The Bertz CT molecular complexity index is 539. The second kappa shape index (κ2) is 6.65. The van der Waals surface area contributed by atoms with Crippen LogP contribution in [0.5, 0.6) is 0 Å². The molecule has 1 N–H and O–H groups in total. The number of hydrogen-bond donors (Lipinski definition) is 1. The Morgan fingerprint density at radius 2 is 1.90 bits per heavy atom. The number of aromatic nitrogens is 1. The van der Waals surface area contributed by atoms with Gasteiger partial charge in [-0.05, 0) is 47.6 Å². The summed E-state index contributed by atoms with van der Waals surface area (Å²) in [6, 6.07) is 1.85. The van der Waals surface area contributed by atoms with Gasteiger partial charge in [0.05, 0.1) is 5.38 Å². The van der Waals surface area contributed by atoms with E-state index in [1.807, 2.05) is 45.3 Å². The van der Waals surface area contributed by atoms with Crippen LogP contribution in [0.3, 0.4) is 0 Å². The SMILES string of the molecule is Cc1cc(C(=O)C(C)Cl)c(C)n1CCC(=O)NC(C)(C)C.